The van der Waals surface area contributed by atoms with Gasteiger partial charge in [-0.3, -0.25) is 19.2 Å². The van der Waals surface area contributed by atoms with E-state index in [2.05, 4.69) is 10.6 Å². The summed E-state index contributed by atoms with van der Waals surface area (Å²) in [5.41, 5.74) is 0.0538. The van der Waals surface area contributed by atoms with Crippen molar-refractivity contribution in [2.45, 2.75) is 36.7 Å². The van der Waals surface area contributed by atoms with Gasteiger partial charge in [-0.2, -0.15) is 0 Å². The second-order valence-electron chi connectivity index (χ2n) is 7.05. The van der Waals surface area contributed by atoms with Crippen molar-refractivity contribution in [1.29, 1.82) is 0 Å². The molecule has 0 fully saturated rings. The number of carboxylic acid groups (broad SMARTS) is 2. The third kappa shape index (κ3) is 6.49. The van der Waals surface area contributed by atoms with Crippen LogP contribution in [0.5, 0.6) is 0 Å². The Morgan fingerprint density at radius 3 is 2.39 bits per heavy atom. The minimum absolute atomic E-state index is 0.0538. The van der Waals surface area contributed by atoms with E-state index < -0.39 is 64.8 Å². The van der Waals surface area contributed by atoms with Crippen molar-refractivity contribution >= 4 is 39.7 Å². The van der Waals surface area contributed by atoms with Gasteiger partial charge in [-0.1, -0.05) is 12.1 Å². The zero-order valence-corrected chi connectivity index (χ0v) is 18.3. The molecule has 33 heavy (non-hydrogen) atoms. The van der Waals surface area contributed by atoms with Crippen LogP contribution in [0.1, 0.15) is 30.1 Å². The molecule has 0 aliphatic carbocycles. The molecule has 2 atom stereocenters. The van der Waals surface area contributed by atoms with E-state index >= 15 is 0 Å². The maximum atomic E-state index is 12.4. The van der Waals surface area contributed by atoms with Crippen LogP contribution in [0.3, 0.4) is 0 Å². The molecule has 0 radical (unpaired) electrons. The molecule has 180 valence electrons. The molecule has 0 bridgehead atoms. The number of nitrogens with zero attached hydrogens (tertiary/aromatic N) is 1. The number of aliphatic carboxylic acids is 2. The molecule has 0 saturated heterocycles. The molecule has 4 N–H and O–H groups in total. The van der Waals surface area contributed by atoms with Crippen LogP contribution in [0.2, 0.25) is 0 Å². The fraction of sp³-hybridized carbons (Fsp3) is 0.421. The second kappa shape index (κ2) is 10.9. The van der Waals surface area contributed by atoms with Crippen LogP contribution in [-0.2, 0) is 33.9 Å². The van der Waals surface area contributed by atoms with Crippen molar-refractivity contribution in [3.63, 3.8) is 0 Å². The number of rotatable bonds is 12. The summed E-state index contributed by atoms with van der Waals surface area (Å²) in [6.45, 7) is 0.149. The molecule has 13 nitrogen and oxygen atoms in total. The van der Waals surface area contributed by atoms with Gasteiger partial charge in [-0.15, -0.1) is 0 Å². The monoisotopic (exact) mass is 485 g/mol. The fourth-order valence-corrected chi connectivity index (χ4v) is 4.49. The molecule has 0 spiro atoms. The lowest BCUT2D eigenvalue weighted by atomic mass is 10.1. The topological polar surface area (TPSA) is 196 Å². The maximum absolute atomic E-state index is 12.4. The van der Waals surface area contributed by atoms with Gasteiger partial charge in [0.25, 0.3) is 15.9 Å². The fourth-order valence-electron chi connectivity index (χ4n) is 2.94. The van der Waals surface area contributed by atoms with Gasteiger partial charge < -0.3 is 25.6 Å². The average Bonchev–Trinajstić information content (AvgIpc) is 2.93. The third-order valence-corrected chi connectivity index (χ3v) is 6.46. The molecule has 2 rings (SSSR count). The van der Waals surface area contributed by atoms with Gasteiger partial charge in [-0.25, -0.2) is 17.5 Å². The van der Waals surface area contributed by atoms with Crippen molar-refractivity contribution < 1.29 is 47.3 Å². The maximum Gasteiger partial charge on any atom is 0.326 e. The normalized spacial score (nSPS) is 15.9. The Balaban J connectivity index is 1.78. The van der Waals surface area contributed by atoms with Gasteiger partial charge in [-0.05, 0) is 25.5 Å². The summed E-state index contributed by atoms with van der Waals surface area (Å²) in [5.74, 6) is -4.91. The molecule has 14 heteroatoms. The zero-order chi connectivity index (χ0) is 24.8. The van der Waals surface area contributed by atoms with E-state index in [1.54, 1.807) is 6.07 Å². The van der Waals surface area contributed by atoms with Crippen LogP contribution in [0.25, 0.3) is 0 Å². The number of carboxylic acids is 2. The number of benzene rings is 1. The molecule has 0 aromatic heterocycles. The minimum Gasteiger partial charge on any atom is -0.481 e. The standard InChI is InChI=1S/C19H23N3O10S/c1-11(17(26)21-13(19(28)29)6-7-16(24)25)20-15(23)10-32-9-8-22-18(27)12-4-2-3-5-14(12)33(22,30)31/h2-5,11,13H,6-10H2,1H3,(H,20,23)(H,21,26)(H,24,25)(H,28,29)/t11-,13+/m0/s1. The predicted molar refractivity (Wildman–Crippen MR) is 110 cm³/mol. The summed E-state index contributed by atoms with van der Waals surface area (Å²) >= 11 is 0. The van der Waals surface area contributed by atoms with Crippen molar-refractivity contribution in [3.8, 4) is 0 Å². The van der Waals surface area contributed by atoms with E-state index in [9.17, 15) is 32.4 Å². The zero-order valence-electron chi connectivity index (χ0n) is 17.5. The first-order valence-electron chi connectivity index (χ1n) is 9.73. The molecule has 0 unspecified atom stereocenters. The summed E-state index contributed by atoms with van der Waals surface area (Å²) < 4.78 is 30.6. The second-order valence-corrected chi connectivity index (χ2v) is 8.88. The average molecular weight is 485 g/mol. The smallest absolute Gasteiger partial charge is 0.326 e. The highest BCUT2D eigenvalue weighted by Crippen LogP contribution is 2.29. The van der Waals surface area contributed by atoms with E-state index in [4.69, 9.17) is 14.9 Å². The number of nitrogens with one attached hydrogen (secondary N) is 2. The minimum atomic E-state index is -3.99. The Kier molecular flexibility index (Phi) is 8.48. The molecular weight excluding hydrogens is 462 g/mol. The number of fused-ring (bicyclic) bond motifs is 1. The third-order valence-electron chi connectivity index (χ3n) is 4.62. The number of carbonyl (C=O) groups is 5. The number of sulfonamides is 1. The lowest BCUT2D eigenvalue weighted by Crippen LogP contribution is -2.51. The Hall–Kier alpha value is -3.52. The highest BCUT2D eigenvalue weighted by atomic mass is 32.2. The molecule has 1 heterocycles. The van der Waals surface area contributed by atoms with Gasteiger partial charge in [0.2, 0.25) is 11.8 Å². The SMILES string of the molecule is C[C@H](NC(=O)COCCN1C(=O)c2ccccc2S1(=O)=O)C(=O)N[C@H](CCC(=O)O)C(=O)O. The molecule has 0 saturated carbocycles. The van der Waals surface area contributed by atoms with Crippen LogP contribution >= 0.6 is 0 Å². The molecule has 3 amide bonds. The summed E-state index contributed by atoms with van der Waals surface area (Å²) in [6.07, 6.45) is -0.797. The summed E-state index contributed by atoms with van der Waals surface area (Å²) in [6, 6.07) is 3.16. The molecule has 1 aliphatic rings. The largest absolute Gasteiger partial charge is 0.481 e. The van der Waals surface area contributed by atoms with Crippen molar-refractivity contribution in [3.05, 3.63) is 29.8 Å². The Bertz CT molecular complexity index is 1060. The van der Waals surface area contributed by atoms with E-state index in [0.29, 0.717) is 4.31 Å². The molecule has 1 aromatic rings. The lowest BCUT2D eigenvalue weighted by molar-refractivity contribution is -0.143. The highest BCUT2D eigenvalue weighted by Gasteiger charge is 2.40. The number of hydrogen-bond donors (Lipinski definition) is 4. The number of ether oxygens (including phenoxy) is 1. The van der Waals surface area contributed by atoms with Gasteiger partial charge in [0.05, 0.1) is 18.7 Å². The van der Waals surface area contributed by atoms with Crippen molar-refractivity contribution in [2.24, 2.45) is 0 Å². The van der Waals surface area contributed by atoms with E-state index in [1.807, 2.05) is 0 Å². The predicted octanol–water partition coefficient (Wildman–Crippen LogP) is -1.21. The summed E-state index contributed by atoms with van der Waals surface area (Å²) in [5, 5.41) is 22.1. The summed E-state index contributed by atoms with van der Waals surface area (Å²) in [4.78, 5) is 57.9. The number of carbonyl (C=O) groups excluding carboxylic acids is 3. The molecule has 1 aromatic carbocycles. The first kappa shape index (κ1) is 25.7. The first-order chi connectivity index (χ1) is 15.4. The Morgan fingerprint density at radius 2 is 1.79 bits per heavy atom. The Labute approximate surface area is 188 Å². The molecule has 1 aliphatic heterocycles. The van der Waals surface area contributed by atoms with Gasteiger partial charge in [0.1, 0.15) is 23.6 Å². The van der Waals surface area contributed by atoms with E-state index in [1.165, 1.54) is 25.1 Å². The van der Waals surface area contributed by atoms with E-state index in [0.717, 1.165) is 0 Å². The van der Waals surface area contributed by atoms with Gasteiger partial charge >= 0.3 is 11.9 Å². The van der Waals surface area contributed by atoms with Crippen LogP contribution in [0.15, 0.2) is 29.2 Å². The number of amides is 3. The van der Waals surface area contributed by atoms with Gasteiger partial charge in [0.15, 0.2) is 0 Å². The van der Waals surface area contributed by atoms with Gasteiger partial charge in [0, 0.05) is 6.42 Å². The highest BCUT2D eigenvalue weighted by molar-refractivity contribution is 7.90. The summed E-state index contributed by atoms with van der Waals surface area (Å²) in [7, 11) is -3.99. The van der Waals surface area contributed by atoms with Crippen LogP contribution in [0, 0.1) is 0 Å². The van der Waals surface area contributed by atoms with Crippen molar-refractivity contribution in [2.75, 3.05) is 19.8 Å². The first-order valence-corrected chi connectivity index (χ1v) is 11.2. The lowest BCUT2D eigenvalue weighted by Gasteiger charge is -2.18. The molecular formula is C19H23N3O10S. The van der Waals surface area contributed by atoms with E-state index in [-0.39, 0.29) is 30.0 Å². The Morgan fingerprint density at radius 1 is 1.12 bits per heavy atom. The van der Waals surface area contributed by atoms with Crippen LogP contribution in [0.4, 0.5) is 0 Å². The van der Waals surface area contributed by atoms with Crippen LogP contribution < -0.4 is 10.6 Å². The van der Waals surface area contributed by atoms with Crippen LogP contribution in [-0.4, -0.2) is 84.4 Å². The van der Waals surface area contributed by atoms with Crippen molar-refractivity contribution in [1.82, 2.24) is 14.9 Å². The number of hydrogen-bond acceptors (Lipinski definition) is 8. The quantitative estimate of drug-likeness (QED) is 0.261.